The van der Waals surface area contributed by atoms with Crippen molar-refractivity contribution < 1.29 is 64.7 Å². The fourth-order valence-corrected chi connectivity index (χ4v) is 22.0. The molecular formula is C99H120F6N36O8. The Hall–Kier alpha value is -15.3. The van der Waals surface area contributed by atoms with E-state index >= 15 is 8.78 Å². The number of nitrogen functional groups attached to an aromatic ring is 4. The number of nitrogens with one attached hydrogen (secondary N) is 5. The molecule has 10 saturated heterocycles. The van der Waals surface area contributed by atoms with E-state index in [0.717, 1.165) is 239 Å². The van der Waals surface area contributed by atoms with E-state index in [1.807, 2.05) is 43.2 Å². The number of piperidine rings is 5. The number of carbonyl (C=O) groups excluding carboxylic acids is 8. The van der Waals surface area contributed by atoms with Crippen LogP contribution < -0.4 is 69.1 Å². The Bertz CT molecular complexity index is 6990. The molecule has 1 atom stereocenters. The first kappa shape index (κ1) is 102. The normalized spacial score (nSPS) is 18.7. The van der Waals surface area contributed by atoms with E-state index < -0.39 is 58.5 Å². The van der Waals surface area contributed by atoms with Crippen molar-refractivity contribution >= 4 is 139 Å². The van der Waals surface area contributed by atoms with Crippen molar-refractivity contribution in [1.82, 2.24) is 118 Å². The van der Waals surface area contributed by atoms with E-state index in [1.54, 1.807) is 24.8 Å². The molecular weight excluding hydrogens is 1940 g/mol. The second-order valence-electron chi connectivity index (χ2n) is 39.5. The Kier molecular flexibility index (Phi) is 30.7. The van der Waals surface area contributed by atoms with Crippen molar-refractivity contribution in [2.45, 2.75) is 116 Å². The number of aromatic nitrogens is 16. The van der Waals surface area contributed by atoms with Crippen molar-refractivity contribution in [2.75, 3.05) is 228 Å². The van der Waals surface area contributed by atoms with Crippen molar-refractivity contribution in [2.24, 2.45) is 23.7 Å². The summed E-state index contributed by atoms with van der Waals surface area (Å²) in [7, 11) is 2.08. The SMILES string of the molecule is Cc1cncc(NC(=O)c2c(N)nn3cc(F)cnc23)c1N1CCC(C(=O)N2CCN(C)CC2)CC1.Cc1cncc(NC(=O)c2c(N)nn3cc(F)cnc23)c1N1CCC(C(=O)N2CCNCC2)CC1.Nc1nn2cc(F)cnc2c1C(=O)Nc1cncc(F)c1N1CCC(C(=O)N2CC(N3CCCCC3)C2)CC1.Nc1nn2cc(F)cnc2c1C(=O)Nc1cncc(F)c1N1CCC(C(=O)N2CC[C@H](N3CCCC3)C2)CC1. The smallest absolute Gasteiger partial charge is 0.263 e. The summed E-state index contributed by atoms with van der Waals surface area (Å²) in [5, 5.41) is 30.3. The minimum atomic E-state index is -0.665. The van der Waals surface area contributed by atoms with Crippen LogP contribution in [0, 0.1) is 72.4 Å². The van der Waals surface area contributed by atoms with E-state index in [0.29, 0.717) is 101 Å². The second-order valence-corrected chi connectivity index (χ2v) is 39.5. The molecule has 13 N–H and O–H groups in total. The maximum Gasteiger partial charge on any atom is 0.263 e. The summed E-state index contributed by atoms with van der Waals surface area (Å²) in [5.74, 6) is -5.65. The number of piperazine rings is 2. The average molecular weight is 2060 g/mol. The maximum absolute atomic E-state index is 15.1. The number of hydrogen-bond donors (Lipinski definition) is 9. The standard InChI is InChI=1S/2C26H31F2N9O2.C24H30FN9O2.C23H28FN9O2/c27-17-11-31-24-21(23(29)33-37(24)14-17)25(38)32-20-13-30-12-19(28)22(20)35-8-3-16(4-9-35)26(39)36-10-5-18(15-36)34-6-1-2-7-34;27-17-10-31-24-21(23(29)33-37(24)13-17)25(38)32-20-12-30-11-19(28)22(20)35-8-4-16(5-9-35)26(39)36-14-18(15-36)34-6-2-1-3-7-34;1-15-11-27-13-18(29-23(35)19-21(26)30-34-14-17(25)12-28-22(19)34)20(15)32-5-3-16(4-6-32)24(36)33-9-7-31(2)8-10-33;1-14-10-27-12-17(29-22(34)18-20(25)30-33-13-16(24)11-28-21(18)33)19(14)31-6-2-15(3-7-31)23(35)32-8-4-26-5-9-32/h11-14,16,18H,1-10,15H2,(H2,29,33)(H,32,38);10-13,16,18H,1-9,14-15H2,(H2,29,33)(H,32,38);11-14,16H,3-10H2,1-2H3,(H2,26,30)(H,29,35);10-13,15,26H,2-9H2,1H3,(H2,25,30)(H,29,34)/t18-;;;/m0.../s1. The molecule has 0 spiro atoms. The molecule has 44 nitrogen and oxygen atoms in total. The fraction of sp³-hybridized carbons (Fsp3) is 0.475. The van der Waals surface area contributed by atoms with Crippen LogP contribution in [0.4, 0.5) is 95.1 Å². The summed E-state index contributed by atoms with van der Waals surface area (Å²) in [4.78, 5) is 160. The van der Waals surface area contributed by atoms with E-state index in [4.69, 9.17) is 22.9 Å². The quantitative estimate of drug-likeness (QED) is 0.0401. The lowest BCUT2D eigenvalue weighted by atomic mass is 9.92. The number of hydrogen-bond acceptors (Lipinski definition) is 32. The molecule has 22 heterocycles. The summed E-state index contributed by atoms with van der Waals surface area (Å²) in [6.07, 6.45) is 32.5. The molecule has 50 heteroatoms. The van der Waals surface area contributed by atoms with Gasteiger partial charge in [0, 0.05) is 179 Å². The Morgan fingerprint density at radius 2 is 0.604 bits per heavy atom. The highest BCUT2D eigenvalue weighted by molar-refractivity contribution is 6.15. The van der Waals surface area contributed by atoms with Crippen molar-refractivity contribution in [3.63, 3.8) is 0 Å². The third-order valence-electron chi connectivity index (χ3n) is 29.8. The van der Waals surface area contributed by atoms with Crippen LogP contribution in [-0.2, 0) is 19.2 Å². The first-order valence-electron chi connectivity index (χ1n) is 50.6. The number of anilines is 12. The fourth-order valence-electron chi connectivity index (χ4n) is 22.0. The highest BCUT2D eigenvalue weighted by Crippen LogP contribution is 2.41. The number of nitrogens with two attached hydrogens (primary N) is 4. The zero-order chi connectivity index (χ0) is 104. The third kappa shape index (κ3) is 22.3. The predicted molar refractivity (Wildman–Crippen MR) is 542 cm³/mol. The molecule has 0 aromatic carbocycles. The van der Waals surface area contributed by atoms with Crippen LogP contribution in [0.5, 0.6) is 0 Å². The third-order valence-corrected chi connectivity index (χ3v) is 29.8. The van der Waals surface area contributed by atoms with Gasteiger partial charge in [-0.15, -0.1) is 20.4 Å². The van der Waals surface area contributed by atoms with Gasteiger partial charge in [0.2, 0.25) is 23.6 Å². The van der Waals surface area contributed by atoms with Gasteiger partial charge in [0.1, 0.15) is 33.6 Å². The number of nitrogens with zero attached hydrogens (tertiary/aromatic N) is 27. The number of rotatable bonds is 18. The molecule has 12 aromatic heterocycles. The van der Waals surface area contributed by atoms with Crippen LogP contribution in [0.25, 0.3) is 22.6 Å². The highest BCUT2D eigenvalue weighted by Gasteiger charge is 2.43. The van der Waals surface area contributed by atoms with Crippen LogP contribution >= 0.6 is 0 Å². The molecule has 0 bridgehead atoms. The summed E-state index contributed by atoms with van der Waals surface area (Å²) in [6.45, 7) is 22.7. The topological polar surface area (TPSA) is 509 Å². The van der Waals surface area contributed by atoms with Gasteiger partial charge in [-0.25, -0.2) is 64.3 Å². The largest absolute Gasteiger partial charge is 0.381 e. The van der Waals surface area contributed by atoms with Crippen molar-refractivity contribution in [1.29, 1.82) is 0 Å². The number of amides is 8. The van der Waals surface area contributed by atoms with Crippen LogP contribution in [0.3, 0.4) is 0 Å². The van der Waals surface area contributed by atoms with Gasteiger partial charge in [0.25, 0.3) is 23.6 Å². The predicted octanol–water partition coefficient (Wildman–Crippen LogP) is 6.75. The first-order valence-corrected chi connectivity index (χ1v) is 50.6. The Labute approximate surface area is 852 Å². The van der Waals surface area contributed by atoms with Gasteiger partial charge < -0.3 is 93.6 Å². The molecule has 0 saturated carbocycles. The van der Waals surface area contributed by atoms with Gasteiger partial charge in [0.05, 0.1) is 121 Å². The van der Waals surface area contributed by atoms with Gasteiger partial charge in [-0.1, -0.05) is 6.42 Å². The van der Waals surface area contributed by atoms with Crippen LogP contribution in [0.2, 0.25) is 0 Å². The van der Waals surface area contributed by atoms with Crippen molar-refractivity contribution in [3.05, 3.63) is 167 Å². The van der Waals surface area contributed by atoms with Crippen molar-refractivity contribution in [3.8, 4) is 0 Å². The highest BCUT2D eigenvalue weighted by atomic mass is 19.1. The van der Waals surface area contributed by atoms with Gasteiger partial charge >= 0.3 is 0 Å². The zero-order valence-corrected chi connectivity index (χ0v) is 83.0. The number of carbonyl (C=O) groups is 8. The van der Waals surface area contributed by atoms with Gasteiger partial charge in [-0.3, -0.25) is 68.1 Å². The molecule has 0 aliphatic carbocycles. The number of fused-ring (bicyclic) bond motifs is 4. The number of aryl methyl sites for hydroxylation is 2. The van der Waals surface area contributed by atoms with Gasteiger partial charge in [-0.2, -0.15) is 0 Å². The summed E-state index contributed by atoms with van der Waals surface area (Å²) in [6, 6.07) is 0.938. The van der Waals surface area contributed by atoms with Crippen LogP contribution in [-0.4, -0.2) is 336 Å². The molecule has 786 valence electrons. The molecule has 149 heavy (non-hydrogen) atoms. The Balaban J connectivity index is 0.000000125. The first-order chi connectivity index (χ1) is 72.0. The maximum atomic E-state index is 15.1. The van der Waals surface area contributed by atoms with E-state index in [-0.39, 0.29) is 138 Å². The molecule has 12 aromatic rings. The summed E-state index contributed by atoms with van der Waals surface area (Å²) in [5.41, 5.74) is 29.6. The van der Waals surface area contributed by atoms with Crippen LogP contribution in [0.15, 0.2) is 99.1 Å². The molecule has 8 amide bonds. The molecule has 0 unspecified atom stereocenters. The number of halogens is 6. The molecule has 22 rings (SSSR count). The molecule has 10 aliphatic rings. The zero-order valence-electron chi connectivity index (χ0n) is 83.0. The monoisotopic (exact) mass is 2050 g/mol. The van der Waals surface area contributed by atoms with Gasteiger partial charge in [0.15, 0.2) is 80.8 Å². The Morgan fingerprint density at radius 1 is 0.315 bits per heavy atom. The minimum absolute atomic E-state index is 0.00888. The molecule has 10 fully saturated rings. The second kappa shape index (κ2) is 44.8. The minimum Gasteiger partial charge on any atom is -0.381 e. The van der Waals surface area contributed by atoms with E-state index in [1.165, 1.54) is 44.5 Å². The molecule has 0 radical (unpaired) electrons. The number of pyridine rings is 4. The number of likely N-dealkylation sites (N-methyl/N-ethyl adjacent to an activating group) is 1. The number of likely N-dealkylation sites (tertiary alicyclic amines) is 4. The van der Waals surface area contributed by atoms with E-state index in [2.05, 4.69) is 118 Å². The van der Waals surface area contributed by atoms with Gasteiger partial charge in [-0.05, 0) is 142 Å². The Morgan fingerprint density at radius 3 is 0.953 bits per heavy atom. The lowest BCUT2D eigenvalue weighted by Crippen LogP contribution is -2.63. The molecule has 10 aliphatic heterocycles. The average Bonchev–Trinajstić information content (AvgIpc) is 1.66. The summed E-state index contributed by atoms with van der Waals surface area (Å²) < 4.78 is 88.7. The van der Waals surface area contributed by atoms with E-state index in [9.17, 15) is 55.9 Å². The lowest BCUT2D eigenvalue weighted by Gasteiger charge is -2.48. The lowest BCUT2D eigenvalue weighted by molar-refractivity contribution is -0.144. The summed E-state index contributed by atoms with van der Waals surface area (Å²) >= 11 is 0. The van der Waals surface area contributed by atoms with Crippen LogP contribution in [0.1, 0.15) is 142 Å².